The number of aromatic hydroxyl groups is 1. The van der Waals surface area contributed by atoms with Crippen molar-refractivity contribution in [3.63, 3.8) is 0 Å². The molecule has 35 heteroatoms. The van der Waals surface area contributed by atoms with Gasteiger partial charge in [-0.25, -0.2) is 0 Å². The molecule has 0 aromatic heterocycles. The van der Waals surface area contributed by atoms with Gasteiger partial charge < -0.3 is 114 Å². The number of hydrogen-bond acceptors (Lipinski definition) is 23. The molecule has 5 rings (SSSR count). The molecule has 2 aromatic rings. The normalized spacial score (nSPS) is 23.9. The van der Waals surface area contributed by atoms with Crippen molar-refractivity contribution in [2.24, 2.45) is 29.4 Å². The highest BCUT2D eigenvalue weighted by atomic mass is 32.2. The second-order valence-electron chi connectivity index (χ2n) is 31.4. The smallest absolute Gasteiger partial charge is 0.248 e. The van der Waals surface area contributed by atoms with Crippen molar-refractivity contribution in [3.8, 4) is 5.75 Å². The SMILES string of the molecule is CC[C@H](C)C[C@H](C)CCCCCCCCC(=O)N[C@H]1C[C@@H](O)[C@@H](OCCN)NC(=O)[C@@H]2[C@@H](O)CCN2C(=O)[C@H]([C@H](O)CCNC(=O)[C@@H](C)CCCCNC(=O)[C@H](Cc2ccccc2)NC(=O)[C@H](CC(C)C)NC(=O)[C@H](CCSC)NC=O)NC(=O)[C@H]([C@H](O)[C@@H](O)c2ccc(O)cc2)NC(=O)[C@@H]2C[C@@H](O)CN2C(=O)[C@H]([C@@H](C)O)NC1=O. The van der Waals surface area contributed by atoms with E-state index in [1.807, 2.05) is 20.1 Å². The Kier molecular flexibility index (Phi) is 42.8. The van der Waals surface area contributed by atoms with E-state index < -0.39 is 213 Å². The number of carbonyl (C=O) groups is 12. The van der Waals surface area contributed by atoms with Crippen LogP contribution in [0, 0.1) is 23.7 Å². The molecule has 34 nitrogen and oxygen atoms in total. The molecule has 0 spiro atoms. The van der Waals surface area contributed by atoms with E-state index in [0.29, 0.717) is 56.1 Å². The molecule has 3 heterocycles. The predicted octanol–water partition coefficient (Wildman–Crippen LogP) is -0.679. The molecule has 3 saturated heterocycles. The predicted molar refractivity (Wildman–Crippen MR) is 428 cm³/mol. The molecule has 3 aliphatic heterocycles. The van der Waals surface area contributed by atoms with Crippen molar-refractivity contribution in [2.45, 2.75) is 280 Å². The van der Waals surface area contributed by atoms with Gasteiger partial charge in [0.05, 0.1) is 31.0 Å². The van der Waals surface area contributed by atoms with Gasteiger partial charge in [-0.05, 0) is 111 Å². The van der Waals surface area contributed by atoms with E-state index in [-0.39, 0.29) is 69.0 Å². The number of nitrogens with zero attached hydrogens (tertiary/aromatic N) is 2. The molecule has 0 saturated carbocycles. The summed E-state index contributed by atoms with van der Waals surface area (Å²) in [7, 11) is 0. The van der Waals surface area contributed by atoms with Crippen molar-refractivity contribution in [3.05, 3.63) is 65.7 Å². The zero-order valence-electron chi connectivity index (χ0n) is 67.8. The first-order valence-corrected chi connectivity index (χ1v) is 42.0. The lowest BCUT2D eigenvalue weighted by Gasteiger charge is -2.35. The van der Waals surface area contributed by atoms with Crippen LogP contribution in [0.5, 0.6) is 5.75 Å². The minimum absolute atomic E-state index is 0.0581. The quantitative estimate of drug-likeness (QED) is 0.0289. The monoisotopic (exact) mass is 1640 g/mol. The Morgan fingerprint density at radius 2 is 1.27 bits per heavy atom. The first-order valence-electron chi connectivity index (χ1n) is 40.6. The van der Waals surface area contributed by atoms with E-state index in [2.05, 4.69) is 73.9 Å². The average molecular weight is 1640 g/mol. The number of nitrogens with two attached hydrogens (primary N) is 1. The van der Waals surface area contributed by atoms with E-state index in [1.165, 1.54) is 30.3 Å². The highest BCUT2D eigenvalue weighted by Crippen LogP contribution is 2.28. The number of unbranched alkanes of at least 4 members (excludes halogenated alkanes) is 6. The van der Waals surface area contributed by atoms with Crippen LogP contribution in [0.4, 0.5) is 0 Å². The summed E-state index contributed by atoms with van der Waals surface area (Å²) in [6.07, 6.45) is -5.29. The maximum absolute atomic E-state index is 15.3. The molecule has 0 aliphatic carbocycles. The van der Waals surface area contributed by atoms with Gasteiger partial charge in [-0.2, -0.15) is 11.8 Å². The number of phenols is 1. The first kappa shape index (κ1) is 97.4. The molecule has 2 aromatic carbocycles. The Balaban J connectivity index is 1.40. The third-order valence-electron chi connectivity index (χ3n) is 21.3. The highest BCUT2D eigenvalue weighted by Gasteiger charge is 2.49. The van der Waals surface area contributed by atoms with Crippen molar-refractivity contribution >= 4 is 83.2 Å². The van der Waals surface area contributed by atoms with Crippen LogP contribution in [0.1, 0.15) is 188 Å². The molecule has 20 atom stereocenters. The van der Waals surface area contributed by atoms with Crippen LogP contribution in [0.15, 0.2) is 54.6 Å². The molecule has 3 aliphatic rings. The van der Waals surface area contributed by atoms with Gasteiger partial charge >= 0.3 is 0 Å². The van der Waals surface area contributed by atoms with E-state index in [9.17, 15) is 88.8 Å². The van der Waals surface area contributed by atoms with Gasteiger partial charge in [-0.3, -0.25) is 57.5 Å². The number of ether oxygens (including phenoxy) is 1. The highest BCUT2D eigenvalue weighted by molar-refractivity contribution is 7.98. The third kappa shape index (κ3) is 32.0. The number of fused-ring (bicyclic) bond motifs is 2. The van der Waals surface area contributed by atoms with Crippen LogP contribution in [0.3, 0.4) is 0 Å². The first-order chi connectivity index (χ1) is 54.7. The van der Waals surface area contributed by atoms with Crippen LogP contribution < -0.4 is 58.9 Å². The number of phenolic OH excluding ortho intramolecular Hbond substituents is 1. The lowest BCUT2D eigenvalue weighted by molar-refractivity contribution is -0.150. The van der Waals surface area contributed by atoms with Gasteiger partial charge in [-0.1, -0.05) is 135 Å². The minimum atomic E-state index is -2.40. The molecule has 0 radical (unpaired) electrons. The van der Waals surface area contributed by atoms with Crippen LogP contribution in [0.25, 0.3) is 0 Å². The molecule has 3 fully saturated rings. The summed E-state index contributed by atoms with van der Waals surface area (Å²) < 4.78 is 5.83. The number of nitrogens with one attached hydrogen (secondary N) is 10. The fraction of sp³-hybridized carbons (Fsp3) is 0.700. The summed E-state index contributed by atoms with van der Waals surface area (Å²) in [5.74, 6) is -9.61. The van der Waals surface area contributed by atoms with E-state index in [4.69, 9.17) is 10.5 Å². The minimum Gasteiger partial charge on any atom is -0.508 e. The summed E-state index contributed by atoms with van der Waals surface area (Å²) in [6, 6.07) is -1.41. The number of thioether (sulfide) groups is 1. The molecule has 20 N–H and O–H groups in total. The second-order valence-corrected chi connectivity index (χ2v) is 32.4. The zero-order chi connectivity index (χ0) is 85.0. The Hall–Kier alpha value is -8.13. The van der Waals surface area contributed by atoms with Gasteiger partial charge in [0, 0.05) is 64.3 Å². The zero-order valence-corrected chi connectivity index (χ0v) is 68.6. The second kappa shape index (κ2) is 50.5. The fourth-order valence-electron chi connectivity index (χ4n) is 14.4. The van der Waals surface area contributed by atoms with Crippen LogP contribution in [-0.2, 0) is 68.7 Å². The Bertz CT molecular complexity index is 3410. The molecular formula is C80H129N13O21S. The number of benzene rings is 2. The summed E-state index contributed by atoms with van der Waals surface area (Å²) in [5.41, 5.74) is 6.44. The van der Waals surface area contributed by atoms with Gasteiger partial charge in [0.25, 0.3) is 0 Å². The average Bonchev–Trinajstić information content (AvgIpc) is 1.76. The summed E-state index contributed by atoms with van der Waals surface area (Å²) in [4.78, 5) is 171. The van der Waals surface area contributed by atoms with Crippen molar-refractivity contribution < 1.29 is 103 Å². The lowest BCUT2D eigenvalue weighted by atomic mass is 9.91. The number of rotatable bonds is 44. The van der Waals surface area contributed by atoms with E-state index in [1.54, 1.807) is 37.3 Å². The van der Waals surface area contributed by atoms with Crippen LogP contribution in [-0.4, -0.2) is 271 Å². The van der Waals surface area contributed by atoms with Gasteiger partial charge in [0.2, 0.25) is 71.4 Å². The topological polar surface area (TPSA) is 529 Å². The molecule has 12 amide bonds. The summed E-state index contributed by atoms with van der Waals surface area (Å²) >= 11 is 1.48. The number of carbonyl (C=O) groups excluding carboxylic acids is 12. The van der Waals surface area contributed by atoms with Gasteiger partial charge in [0.15, 0.2) is 6.23 Å². The van der Waals surface area contributed by atoms with E-state index >= 15 is 9.59 Å². The van der Waals surface area contributed by atoms with Gasteiger partial charge in [-0.15, -0.1) is 0 Å². The number of hydrogen-bond donors (Lipinski definition) is 19. The van der Waals surface area contributed by atoms with Crippen LogP contribution in [0.2, 0.25) is 0 Å². The molecule has 0 bridgehead atoms. The Morgan fingerprint density at radius 3 is 1.92 bits per heavy atom. The Morgan fingerprint density at radius 1 is 0.643 bits per heavy atom. The van der Waals surface area contributed by atoms with Gasteiger partial charge in [0.1, 0.15) is 78.4 Å². The molecule has 0 unspecified atom stereocenters. The van der Waals surface area contributed by atoms with Crippen molar-refractivity contribution in [1.82, 2.24) is 63.0 Å². The largest absolute Gasteiger partial charge is 0.508 e. The van der Waals surface area contributed by atoms with Crippen LogP contribution >= 0.6 is 11.8 Å². The Labute approximate surface area is 678 Å². The summed E-state index contributed by atoms with van der Waals surface area (Å²) in [6.45, 7) is 11.3. The standard InChI is InChI=1S/C80H129N13O21S/c1-9-47(4)40-48(5)21-15-12-10-11-13-18-25-63(101)85-58-43-62(100)78(114-37-33-81)91-77(111)67-61(99)31-36-92(67)80(113)65(89-76(110)66(69(103)68(102)52-26-28-53(96)29-27-52)90-75(109)59-42-54(97)44-93(59)79(112)64(50(7)95)88-74(58)108)60(98)30-35-83-70(104)49(6)22-19-20-34-82-71(105)57(41-51-23-16-14-17-24-51)87-73(107)56(39-46(2)3)86-72(106)55(84-45-94)32-38-115-8/h14,16-17,23-24,26-29,45-50,54-62,64-69,78,95-100,102-103H,9-13,15,18-22,25,30-44,81H2,1-8H3,(H,82,105)(H,83,104)(H,84,94)(H,85,101)(H,86,106)(H,87,107)(H,88,108)(H,89,110)(H,90,109)(H,91,111)/t47-,48+,49-,50+,54+,55-,56-,57-,58-,59-,60+,61-,62+,64-,65-,66-,67-,68-,69-,78+/m0/s1. The number of amides is 12. The summed E-state index contributed by atoms with van der Waals surface area (Å²) in [5, 5.41) is 118. The maximum atomic E-state index is 15.3. The van der Waals surface area contributed by atoms with Crippen molar-refractivity contribution in [2.75, 3.05) is 51.3 Å². The van der Waals surface area contributed by atoms with E-state index in [0.717, 1.165) is 72.9 Å². The van der Waals surface area contributed by atoms with Crippen molar-refractivity contribution in [1.29, 1.82) is 0 Å². The molecule has 646 valence electrons. The lowest BCUT2D eigenvalue weighted by Crippen LogP contribution is -2.64. The number of aliphatic hydroxyl groups is 7. The molecule has 115 heavy (non-hydrogen) atoms. The fourth-order valence-corrected chi connectivity index (χ4v) is 14.9. The number of aliphatic hydroxyl groups excluding tert-OH is 7. The maximum Gasteiger partial charge on any atom is 0.248 e. The third-order valence-corrected chi connectivity index (χ3v) is 21.9. The molecular weight excluding hydrogens is 1510 g/mol.